The second-order valence-electron chi connectivity index (χ2n) is 3.61. The third-order valence-electron chi connectivity index (χ3n) is 2.60. The van der Waals surface area contributed by atoms with Gasteiger partial charge in [-0.25, -0.2) is 0 Å². The highest BCUT2D eigenvalue weighted by molar-refractivity contribution is 5.43. The van der Waals surface area contributed by atoms with Gasteiger partial charge in [-0.1, -0.05) is 45.4 Å². The lowest BCUT2D eigenvalue weighted by Crippen LogP contribution is -1.91. The summed E-state index contributed by atoms with van der Waals surface area (Å²) in [5.74, 6) is 1.18. The van der Waals surface area contributed by atoms with Crippen LogP contribution in [0.1, 0.15) is 44.7 Å². The van der Waals surface area contributed by atoms with Crippen molar-refractivity contribution in [2.24, 2.45) is 0 Å². The highest BCUT2D eigenvalue weighted by Crippen LogP contribution is 2.30. The predicted octanol–water partition coefficient (Wildman–Crippen LogP) is 3.99. The number of benzene rings is 1. The number of unbranched alkanes of at least 4 members (excludes halogenated alkanes) is 1. The van der Waals surface area contributed by atoms with Crippen LogP contribution < -0.4 is 4.74 Å². The molecule has 15 heavy (non-hydrogen) atoms. The van der Waals surface area contributed by atoms with Crippen molar-refractivity contribution in [3.05, 3.63) is 29.3 Å². The number of fused-ring (bicyclic) bond motifs is 1. The lowest BCUT2D eigenvalue weighted by atomic mass is 10.0. The number of aryl methyl sites for hydroxylation is 1. The first-order valence-corrected chi connectivity index (χ1v) is 6.15. The van der Waals surface area contributed by atoms with Gasteiger partial charge < -0.3 is 4.74 Å². The van der Waals surface area contributed by atoms with Crippen LogP contribution in [0.4, 0.5) is 0 Å². The zero-order valence-corrected chi connectivity index (χ0v) is 10.2. The average Bonchev–Trinajstić information content (AvgIpc) is 2.77. The van der Waals surface area contributed by atoms with Gasteiger partial charge >= 0.3 is 0 Å². The molecule has 1 aromatic carbocycles. The van der Waals surface area contributed by atoms with Gasteiger partial charge in [-0.3, -0.25) is 0 Å². The van der Waals surface area contributed by atoms with Gasteiger partial charge in [0.25, 0.3) is 0 Å². The average molecular weight is 206 g/mol. The van der Waals surface area contributed by atoms with Gasteiger partial charge in [0.2, 0.25) is 0 Å². The smallest absolute Gasteiger partial charge is 0.125 e. The molecule has 0 aliphatic carbocycles. The van der Waals surface area contributed by atoms with Gasteiger partial charge in [-0.15, -0.1) is 0 Å². The summed E-state index contributed by atoms with van der Waals surface area (Å²) >= 11 is 0. The molecular formula is C14H22O. The Morgan fingerprint density at radius 3 is 2.80 bits per heavy atom. The fourth-order valence-corrected chi connectivity index (χ4v) is 1.85. The third-order valence-corrected chi connectivity index (χ3v) is 2.60. The van der Waals surface area contributed by atoms with Crippen molar-refractivity contribution in [1.29, 1.82) is 0 Å². The van der Waals surface area contributed by atoms with E-state index in [2.05, 4.69) is 25.1 Å². The molecule has 1 heteroatoms. The number of rotatable bonds is 3. The second kappa shape index (κ2) is 6.49. The van der Waals surface area contributed by atoms with Gasteiger partial charge in [0, 0.05) is 6.42 Å². The van der Waals surface area contributed by atoms with Crippen LogP contribution in [0.3, 0.4) is 0 Å². The summed E-state index contributed by atoms with van der Waals surface area (Å²) in [7, 11) is 0. The first-order valence-electron chi connectivity index (χ1n) is 6.15. The molecule has 0 atom stereocenters. The highest BCUT2D eigenvalue weighted by Gasteiger charge is 2.14. The van der Waals surface area contributed by atoms with Gasteiger partial charge in [0.15, 0.2) is 0 Å². The van der Waals surface area contributed by atoms with Crippen LogP contribution in [0.15, 0.2) is 18.2 Å². The Kier molecular flexibility index (Phi) is 5.23. The molecule has 2 rings (SSSR count). The van der Waals surface area contributed by atoms with Crippen LogP contribution in [0.5, 0.6) is 5.75 Å². The van der Waals surface area contributed by atoms with Crippen molar-refractivity contribution in [1.82, 2.24) is 0 Å². The second-order valence-corrected chi connectivity index (χ2v) is 3.61. The summed E-state index contributed by atoms with van der Waals surface area (Å²) in [5.41, 5.74) is 2.80. The molecule has 0 unspecified atom stereocenters. The van der Waals surface area contributed by atoms with Crippen LogP contribution in [0, 0.1) is 0 Å². The van der Waals surface area contributed by atoms with Crippen LogP contribution in [-0.4, -0.2) is 6.61 Å². The maximum absolute atomic E-state index is 5.63. The topological polar surface area (TPSA) is 9.23 Å². The van der Waals surface area contributed by atoms with Gasteiger partial charge in [0.1, 0.15) is 5.75 Å². The number of para-hydroxylation sites is 1. The van der Waals surface area contributed by atoms with E-state index in [9.17, 15) is 0 Å². The minimum absolute atomic E-state index is 0.873. The number of hydrogen-bond donors (Lipinski definition) is 0. The largest absolute Gasteiger partial charge is 0.493 e. The molecule has 0 saturated heterocycles. The van der Waals surface area contributed by atoms with Crippen LogP contribution in [0.25, 0.3) is 0 Å². The maximum atomic E-state index is 5.63. The minimum atomic E-state index is 0.873. The van der Waals surface area contributed by atoms with E-state index in [1.807, 2.05) is 13.8 Å². The molecular weight excluding hydrogens is 184 g/mol. The molecule has 0 saturated carbocycles. The quantitative estimate of drug-likeness (QED) is 0.726. The van der Waals surface area contributed by atoms with Crippen LogP contribution in [-0.2, 0) is 12.8 Å². The highest BCUT2D eigenvalue weighted by atomic mass is 16.5. The van der Waals surface area contributed by atoms with E-state index in [1.54, 1.807) is 0 Å². The summed E-state index contributed by atoms with van der Waals surface area (Å²) in [6, 6.07) is 6.52. The Balaban J connectivity index is 0.000000531. The fraction of sp³-hybridized carbons (Fsp3) is 0.571. The molecule has 0 N–H and O–H groups in total. The molecule has 0 bridgehead atoms. The monoisotopic (exact) mass is 206 g/mol. The first-order chi connectivity index (χ1) is 7.42. The molecule has 1 aromatic rings. The molecule has 84 valence electrons. The fourth-order valence-electron chi connectivity index (χ4n) is 1.85. The minimum Gasteiger partial charge on any atom is -0.493 e. The zero-order chi connectivity index (χ0) is 11.1. The van der Waals surface area contributed by atoms with E-state index in [0.29, 0.717) is 0 Å². The van der Waals surface area contributed by atoms with Crippen molar-refractivity contribution in [2.45, 2.75) is 46.5 Å². The molecule has 0 fully saturated rings. The Hall–Kier alpha value is -0.980. The summed E-state index contributed by atoms with van der Waals surface area (Å²) in [4.78, 5) is 0. The zero-order valence-electron chi connectivity index (χ0n) is 10.2. The Labute approximate surface area is 93.5 Å². The van der Waals surface area contributed by atoms with E-state index >= 15 is 0 Å². The van der Waals surface area contributed by atoms with Crippen molar-refractivity contribution in [3.63, 3.8) is 0 Å². The summed E-state index contributed by atoms with van der Waals surface area (Å²) in [6.07, 6.45) is 4.78. The van der Waals surface area contributed by atoms with E-state index in [0.717, 1.165) is 13.0 Å². The molecule has 1 aliphatic rings. The lowest BCUT2D eigenvalue weighted by Gasteiger charge is -2.06. The Morgan fingerprint density at radius 1 is 1.27 bits per heavy atom. The third kappa shape index (κ3) is 2.98. The molecule has 0 aromatic heterocycles. The van der Waals surface area contributed by atoms with E-state index < -0.39 is 0 Å². The van der Waals surface area contributed by atoms with Crippen LogP contribution in [0.2, 0.25) is 0 Å². The normalized spacial score (nSPS) is 12.5. The van der Waals surface area contributed by atoms with E-state index in [1.165, 1.54) is 36.1 Å². The van der Waals surface area contributed by atoms with E-state index in [-0.39, 0.29) is 0 Å². The maximum Gasteiger partial charge on any atom is 0.125 e. The lowest BCUT2D eigenvalue weighted by molar-refractivity contribution is 0.353. The summed E-state index contributed by atoms with van der Waals surface area (Å²) in [5, 5.41) is 0. The molecule has 0 spiro atoms. The molecule has 1 nitrogen and oxygen atoms in total. The first kappa shape index (κ1) is 12.1. The molecule has 1 heterocycles. The van der Waals surface area contributed by atoms with Gasteiger partial charge in [-0.2, -0.15) is 0 Å². The van der Waals surface area contributed by atoms with E-state index in [4.69, 9.17) is 4.74 Å². The number of ether oxygens (including phenoxy) is 1. The SMILES string of the molecule is CC.CCCCc1cccc2c1OCC2. The van der Waals surface area contributed by atoms with Gasteiger partial charge in [0.05, 0.1) is 6.61 Å². The Morgan fingerprint density at radius 2 is 2.07 bits per heavy atom. The predicted molar refractivity (Wildman–Crippen MR) is 65.6 cm³/mol. The van der Waals surface area contributed by atoms with Crippen molar-refractivity contribution in [3.8, 4) is 5.75 Å². The molecule has 0 radical (unpaired) electrons. The van der Waals surface area contributed by atoms with Crippen molar-refractivity contribution < 1.29 is 4.74 Å². The van der Waals surface area contributed by atoms with Crippen molar-refractivity contribution >= 4 is 0 Å². The van der Waals surface area contributed by atoms with Gasteiger partial charge in [-0.05, 0) is 24.0 Å². The van der Waals surface area contributed by atoms with Crippen molar-refractivity contribution in [2.75, 3.05) is 6.61 Å². The summed E-state index contributed by atoms with van der Waals surface area (Å²) < 4.78 is 5.63. The standard InChI is InChI=1S/C12H16O.C2H6/c1-2-3-5-10-6-4-7-11-8-9-13-12(10)11;1-2/h4,6-7H,2-3,5,8-9H2,1H3;1-2H3. The molecule has 1 aliphatic heterocycles. The number of hydrogen-bond acceptors (Lipinski definition) is 1. The summed E-state index contributed by atoms with van der Waals surface area (Å²) in [6.45, 7) is 7.10. The Bertz CT molecular complexity index is 291. The van der Waals surface area contributed by atoms with Crippen LogP contribution >= 0.6 is 0 Å². The molecule has 0 amide bonds.